The summed E-state index contributed by atoms with van der Waals surface area (Å²) in [6, 6.07) is 9.86. The van der Waals surface area contributed by atoms with Crippen LogP contribution in [-0.2, 0) is 9.53 Å². The van der Waals surface area contributed by atoms with Gasteiger partial charge in [0.15, 0.2) is 0 Å². The van der Waals surface area contributed by atoms with Crippen LogP contribution in [0.3, 0.4) is 0 Å². The minimum absolute atomic E-state index is 0.138. The van der Waals surface area contributed by atoms with E-state index in [1.54, 1.807) is 0 Å². The van der Waals surface area contributed by atoms with Crippen molar-refractivity contribution in [2.75, 3.05) is 19.8 Å². The highest BCUT2D eigenvalue weighted by molar-refractivity contribution is 5.77. The van der Waals surface area contributed by atoms with Gasteiger partial charge in [0.25, 0.3) is 0 Å². The van der Waals surface area contributed by atoms with Crippen molar-refractivity contribution in [2.45, 2.75) is 32.4 Å². The van der Waals surface area contributed by atoms with Crippen LogP contribution in [0.25, 0.3) is 0 Å². The van der Waals surface area contributed by atoms with E-state index < -0.39 is 0 Å². The van der Waals surface area contributed by atoms with Crippen molar-refractivity contribution < 1.29 is 14.3 Å². The lowest BCUT2D eigenvalue weighted by Crippen LogP contribution is -2.52. The Morgan fingerprint density at radius 3 is 2.53 bits per heavy atom. The summed E-state index contributed by atoms with van der Waals surface area (Å²) < 4.78 is 11.0. The molecule has 4 nitrogen and oxygen atoms in total. The zero-order valence-electron chi connectivity index (χ0n) is 11.5. The summed E-state index contributed by atoms with van der Waals surface area (Å²) in [5.74, 6) is 0.942. The first kappa shape index (κ1) is 13.9. The second-order valence-corrected chi connectivity index (χ2v) is 4.95. The highest BCUT2D eigenvalue weighted by atomic mass is 16.5. The van der Waals surface area contributed by atoms with E-state index in [2.05, 4.69) is 0 Å². The quantitative estimate of drug-likeness (QED) is 0.835. The Morgan fingerprint density at radius 1 is 1.26 bits per heavy atom. The Bertz CT molecular complexity index is 397. The van der Waals surface area contributed by atoms with Gasteiger partial charge in [-0.2, -0.15) is 0 Å². The maximum atomic E-state index is 12.2. The number of para-hydroxylation sites is 1. The highest BCUT2D eigenvalue weighted by Crippen LogP contribution is 2.15. The van der Waals surface area contributed by atoms with E-state index in [0.29, 0.717) is 26.2 Å². The standard InChI is InChI=1S/C15H21NO3/c1-12-10-18-11-13(2)16(12)15(17)8-9-19-14-6-4-3-5-7-14/h3-7,12-13H,8-11H2,1-2H3. The molecule has 1 aromatic carbocycles. The molecule has 1 amide bonds. The first-order valence-corrected chi connectivity index (χ1v) is 6.75. The summed E-state index contributed by atoms with van der Waals surface area (Å²) in [5.41, 5.74) is 0. The van der Waals surface area contributed by atoms with Crippen LogP contribution in [0.2, 0.25) is 0 Å². The van der Waals surface area contributed by atoms with E-state index in [9.17, 15) is 4.79 Å². The third-order valence-electron chi connectivity index (χ3n) is 3.28. The van der Waals surface area contributed by atoms with Gasteiger partial charge >= 0.3 is 0 Å². The van der Waals surface area contributed by atoms with Crippen LogP contribution in [0.15, 0.2) is 30.3 Å². The lowest BCUT2D eigenvalue weighted by Gasteiger charge is -2.38. The smallest absolute Gasteiger partial charge is 0.226 e. The number of carbonyl (C=O) groups is 1. The van der Waals surface area contributed by atoms with Crippen molar-refractivity contribution in [1.82, 2.24) is 4.90 Å². The average molecular weight is 263 g/mol. The van der Waals surface area contributed by atoms with Crippen LogP contribution in [0, 0.1) is 0 Å². The van der Waals surface area contributed by atoms with Gasteiger partial charge in [0.2, 0.25) is 5.91 Å². The van der Waals surface area contributed by atoms with Crippen molar-refractivity contribution >= 4 is 5.91 Å². The van der Waals surface area contributed by atoms with Crippen LogP contribution < -0.4 is 4.74 Å². The second-order valence-electron chi connectivity index (χ2n) is 4.95. The van der Waals surface area contributed by atoms with Crippen molar-refractivity contribution in [1.29, 1.82) is 0 Å². The topological polar surface area (TPSA) is 38.8 Å². The van der Waals surface area contributed by atoms with Gasteiger partial charge in [-0.1, -0.05) is 18.2 Å². The third-order valence-corrected chi connectivity index (χ3v) is 3.28. The van der Waals surface area contributed by atoms with Crippen LogP contribution in [0.5, 0.6) is 5.75 Å². The molecule has 1 aromatic rings. The molecule has 1 fully saturated rings. The van der Waals surface area contributed by atoms with Gasteiger partial charge in [-0.25, -0.2) is 0 Å². The molecule has 19 heavy (non-hydrogen) atoms. The molecule has 0 saturated carbocycles. The molecule has 4 heteroatoms. The molecule has 1 aliphatic rings. The van der Waals surface area contributed by atoms with Crippen LogP contribution in [0.1, 0.15) is 20.3 Å². The van der Waals surface area contributed by atoms with Gasteiger partial charge in [0.1, 0.15) is 5.75 Å². The predicted octanol–water partition coefficient (Wildman–Crippen LogP) is 2.09. The molecule has 0 bridgehead atoms. The molecule has 2 rings (SSSR count). The Labute approximate surface area is 114 Å². The largest absolute Gasteiger partial charge is 0.493 e. The lowest BCUT2D eigenvalue weighted by atomic mass is 10.1. The fourth-order valence-electron chi connectivity index (χ4n) is 2.40. The number of nitrogens with zero attached hydrogens (tertiary/aromatic N) is 1. The molecule has 1 saturated heterocycles. The van der Waals surface area contributed by atoms with Crippen LogP contribution in [0.4, 0.5) is 0 Å². The van der Waals surface area contributed by atoms with E-state index in [4.69, 9.17) is 9.47 Å². The molecule has 0 radical (unpaired) electrons. The van der Waals surface area contributed by atoms with Gasteiger partial charge < -0.3 is 14.4 Å². The van der Waals surface area contributed by atoms with Crippen molar-refractivity contribution in [3.8, 4) is 5.75 Å². The second kappa shape index (κ2) is 6.57. The first-order valence-electron chi connectivity index (χ1n) is 6.75. The molecule has 0 aliphatic carbocycles. The van der Waals surface area contributed by atoms with Crippen LogP contribution >= 0.6 is 0 Å². The zero-order valence-corrected chi connectivity index (χ0v) is 11.5. The number of morpholine rings is 1. The van der Waals surface area contributed by atoms with Gasteiger partial charge in [-0.15, -0.1) is 0 Å². The van der Waals surface area contributed by atoms with Gasteiger partial charge in [0, 0.05) is 0 Å². The fraction of sp³-hybridized carbons (Fsp3) is 0.533. The third kappa shape index (κ3) is 3.70. The maximum Gasteiger partial charge on any atom is 0.226 e. The molecule has 2 atom stereocenters. The highest BCUT2D eigenvalue weighted by Gasteiger charge is 2.29. The SMILES string of the molecule is CC1COCC(C)N1C(=O)CCOc1ccccc1. The summed E-state index contributed by atoms with van der Waals surface area (Å²) >= 11 is 0. The van der Waals surface area contributed by atoms with E-state index in [1.807, 2.05) is 49.1 Å². The normalized spacial score (nSPS) is 23.2. The molecule has 2 unspecified atom stereocenters. The molecule has 0 spiro atoms. The molecule has 104 valence electrons. The van der Waals surface area contributed by atoms with Crippen molar-refractivity contribution in [3.05, 3.63) is 30.3 Å². The van der Waals surface area contributed by atoms with E-state index in [0.717, 1.165) is 5.75 Å². The fourth-order valence-corrected chi connectivity index (χ4v) is 2.40. The monoisotopic (exact) mass is 263 g/mol. The molecular formula is C15H21NO3. The Morgan fingerprint density at radius 2 is 1.89 bits per heavy atom. The van der Waals surface area contributed by atoms with Gasteiger partial charge in [-0.05, 0) is 26.0 Å². The minimum atomic E-state index is 0.138. The number of carbonyl (C=O) groups excluding carboxylic acids is 1. The number of hydrogen-bond acceptors (Lipinski definition) is 3. The zero-order chi connectivity index (χ0) is 13.7. The van der Waals surface area contributed by atoms with Gasteiger partial charge in [0.05, 0.1) is 38.3 Å². The molecule has 0 N–H and O–H groups in total. The summed E-state index contributed by atoms with van der Waals surface area (Å²) in [4.78, 5) is 14.1. The molecular weight excluding hydrogens is 242 g/mol. The molecule has 1 aliphatic heterocycles. The van der Waals surface area contributed by atoms with E-state index in [1.165, 1.54) is 0 Å². The first-order chi connectivity index (χ1) is 9.18. The number of amides is 1. The summed E-state index contributed by atoms with van der Waals surface area (Å²) in [5, 5.41) is 0. The van der Waals surface area contributed by atoms with E-state index in [-0.39, 0.29) is 18.0 Å². The number of ether oxygens (including phenoxy) is 2. The maximum absolute atomic E-state index is 12.2. The summed E-state index contributed by atoms with van der Waals surface area (Å²) in [7, 11) is 0. The summed E-state index contributed by atoms with van der Waals surface area (Å²) in [6.45, 7) is 5.70. The van der Waals surface area contributed by atoms with Crippen molar-refractivity contribution in [3.63, 3.8) is 0 Å². The number of rotatable bonds is 4. The average Bonchev–Trinajstić information content (AvgIpc) is 2.40. The Hall–Kier alpha value is -1.55. The molecule has 1 heterocycles. The van der Waals surface area contributed by atoms with E-state index >= 15 is 0 Å². The summed E-state index contributed by atoms with van der Waals surface area (Å²) in [6.07, 6.45) is 0.406. The predicted molar refractivity (Wildman–Crippen MR) is 73.1 cm³/mol. The Kier molecular flexibility index (Phi) is 4.80. The van der Waals surface area contributed by atoms with Crippen molar-refractivity contribution in [2.24, 2.45) is 0 Å². The Balaban J connectivity index is 1.80. The number of hydrogen-bond donors (Lipinski definition) is 0. The number of benzene rings is 1. The lowest BCUT2D eigenvalue weighted by molar-refractivity contribution is -0.144. The van der Waals surface area contributed by atoms with Crippen LogP contribution in [-0.4, -0.2) is 42.7 Å². The minimum Gasteiger partial charge on any atom is -0.493 e. The van der Waals surface area contributed by atoms with Gasteiger partial charge in [-0.3, -0.25) is 4.79 Å². The molecule has 0 aromatic heterocycles.